The standard InChI is InChI=1S/C12H12F3N3O/c13-8-2-1-5(16)3-6(8)12(10(14)15)7-4-9(7)19-11(17)18-12/h1-3,7,9-10H,4,16H2,(H2,17,18)/t7-,9+,12+/m1/s1. The first-order valence-electron chi connectivity index (χ1n) is 5.81. The van der Waals surface area contributed by atoms with Gasteiger partial charge in [0.05, 0.1) is 0 Å². The molecule has 2 aliphatic rings. The van der Waals surface area contributed by atoms with Crippen LogP contribution in [0.15, 0.2) is 23.2 Å². The van der Waals surface area contributed by atoms with E-state index >= 15 is 0 Å². The van der Waals surface area contributed by atoms with Crippen LogP contribution in [0.1, 0.15) is 12.0 Å². The summed E-state index contributed by atoms with van der Waals surface area (Å²) >= 11 is 0. The lowest BCUT2D eigenvalue weighted by Crippen LogP contribution is -2.43. The maximum atomic E-state index is 13.9. The van der Waals surface area contributed by atoms with E-state index in [2.05, 4.69) is 4.99 Å². The average molecular weight is 271 g/mol. The summed E-state index contributed by atoms with van der Waals surface area (Å²) < 4.78 is 46.2. The van der Waals surface area contributed by atoms with Crippen LogP contribution in [0.3, 0.4) is 0 Å². The van der Waals surface area contributed by atoms with Crippen molar-refractivity contribution in [2.75, 3.05) is 5.73 Å². The van der Waals surface area contributed by atoms with Crippen LogP contribution >= 0.6 is 0 Å². The second kappa shape index (κ2) is 3.79. The molecule has 19 heavy (non-hydrogen) atoms. The number of fused-ring (bicyclic) bond motifs is 1. The minimum Gasteiger partial charge on any atom is -0.462 e. The first-order chi connectivity index (χ1) is 8.95. The molecule has 0 saturated heterocycles. The molecule has 0 radical (unpaired) electrons. The number of aliphatic imine (C=N–C) groups is 1. The normalized spacial score (nSPS) is 32.5. The van der Waals surface area contributed by atoms with Crippen LogP contribution in [0.4, 0.5) is 18.9 Å². The zero-order valence-electron chi connectivity index (χ0n) is 9.82. The maximum Gasteiger partial charge on any atom is 0.283 e. The number of hydrogen-bond acceptors (Lipinski definition) is 4. The topological polar surface area (TPSA) is 73.6 Å². The second-order valence-electron chi connectivity index (χ2n) is 4.81. The van der Waals surface area contributed by atoms with Crippen LogP contribution < -0.4 is 11.5 Å². The molecule has 3 atom stereocenters. The second-order valence-corrected chi connectivity index (χ2v) is 4.81. The van der Waals surface area contributed by atoms with Gasteiger partial charge in [-0.3, -0.25) is 0 Å². The average Bonchev–Trinajstić information content (AvgIpc) is 3.10. The zero-order valence-corrected chi connectivity index (χ0v) is 9.82. The number of nitrogens with two attached hydrogens (primary N) is 2. The Morgan fingerprint density at radius 2 is 2.11 bits per heavy atom. The highest BCUT2D eigenvalue weighted by molar-refractivity contribution is 5.74. The van der Waals surface area contributed by atoms with Gasteiger partial charge in [0.2, 0.25) is 0 Å². The monoisotopic (exact) mass is 271 g/mol. The SMILES string of the molecule is NC1=N[C@](c2cc(N)ccc2F)(C(F)F)[C@@H]2C[C@@H]2O1. The van der Waals surface area contributed by atoms with Crippen LogP contribution in [-0.4, -0.2) is 18.6 Å². The van der Waals surface area contributed by atoms with E-state index < -0.39 is 29.8 Å². The van der Waals surface area contributed by atoms with E-state index in [1.54, 1.807) is 0 Å². The largest absolute Gasteiger partial charge is 0.462 e. The number of amidine groups is 1. The van der Waals surface area contributed by atoms with Crippen molar-refractivity contribution in [2.45, 2.75) is 24.5 Å². The molecule has 4 nitrogen and oxygen atoms in total. The van der Waals surface area contributed by atoms with E-state index in [-0.39, 0.29) is 17.3 Å². The van der Waals surface area contributed by atoms with Gasteiger partial charge in [-0.05, 0) is 24.6 Å². The summed E-state index contributed by atoms with van der Waals surface area (Å²) in [7, 11) is 0. The number of alkyl halides is 2. The minimum atomic E-state index is -2.89. The highest BCUT2D eigenvalue weighted by atomic mass is 19.3. The Morgan fingerprint density at radius 1 is 1.37 bits per heavy atom. The fourth-order valence-corrected chi connectivity index (χ4v) is 2.65. The number of ether oxygens (including phenoxy) is 1. The molecule has 1 aromatic carbocycles. The first-order valence-corrected chi connectivity index (χ1v) is 5.81. The Morgan fingerprint density at radius 3 is 2.79 bits per heavy atom. The van der Waals surface area contributed by atoms with Crippen LogP contribution in [0.2, 0.25) is 0 Å². The molecule has 1 heterocycles. The first kappa shape index (κ1) is 12.1. The molecular formula is C12H12F3N3O. The van der Waals surface area contributed by atoms with Gasteiger partial charge in [0, 0.05) is 17.2 Å². The minimum absolute atomic E-state index is 0.203. The number of halogens is 3. The van der Waals surface area contributed by atoms with Crippen LogP contribution in [-0.2, 0) is 10.3 Å². The van der Waals surface area contributed by atoms with Gasteiger partial charge in [-0.15, -0.1) is 0 Å². The fraction of sp³-hybridized carbons (Fsp3) is 0.417. The number of nitrogens with zero attached hydrogens (tertiary/aromatic N) is 1. The summed E-state index contributed by atoms with van der Waals surface area (Å²) in [5.41, 5.74) is 8.98. The Labute approximate surface area is 107 Å². The van der Waals surface area contributed by atoms with Crippen LogP contribution in [0, 0.1) is 11.7 Å². The Kier molecular flexibility index (Phi) is 2.42. The predicted molar refractivity (Wildman–Crippen MR) is 63.1 cm³/mol. The van der Waals surface area contributed by atoms with Crippen molar-refractivity contribution in [3.63, 3.8) is 0 Å². The van der Waals surface area contributed by atoms with Gasteiger partial charge in [-0.2, -0.15) is 0 Å². The molecule has 0 amide bonds. The Balaban J connectivity index is 2.21. The van der Waals surface area contributed by atoms with E-state index in [0.29, 0.717) is 6.42 Å². The number of anilines is 1. The lowest BCUT2D eigenvalue weighted by molar-refractivity contribution is 0.0177. The van der Waals surface area contributed by atoms with Crippen molar-refractivity contribution in [3.8, 4) is 0 Å². The van der Waals surface area contributed by atoms with Crippen molar-refractivity contribution in [1.29, 1.82) is 0 Å². The van der Waals surface area contributed by atoms with Crippen LogP contribution in [0.5, 0.6) is 0 Å². The third kappa shape index (κ3) is 1.64. The molecule has 0 aromatic heterocycles. The lowest BCUT2D eigenvalue weighted by Gasteiger charge is -2.33. The Bertz CT molecular complexity index is 563. The number of nitrogen functional groups attached to an aromatic ring is 1. The molecule has 1 saturated carbocycles. The van der Waals surface area contributed by atoms with Gasteiger partial charge in [-0.25, -0.2) is 18.2 Å². The molecule has 0 unspecified atom stereocenters. The van der Waals surface area contributed by atoms with Gasteiger partial charge >= 0.3 is 0 Å². The fourth-order valence-electron chi connectivity index (χ4n) is 2.65. The molecule has 1 fully saturated rings. The third-order valence-corrected chi connectivity index (χ3v) is 3.62. The van der Waals surface area contributed by atoms with Crippen molar-refractivity contribution in [3.05, 3.63) is 29.6 Å². The zero-order chi connectivity index (χ0) is 13.8. The molecule has 4 N–H and O–H groups in total. The summed E-state index contributed by atoms with van der Waals surface area (Å²) in [4.78, 5) is 3.73. The lowest BCUT2D eigenvalue weighted by atomic mass is 9.84. The van der Waals surface area contributed by atoms with Gasteiger partial charge < -0.3 is 16.2 Å². The third-order valence-electron chi connectivity index (χ3n) is 3.62. The van der Waals surface area contributed by atoms with Gasteiger partial charge in [0.1, 0.15) is 11.9 Å². The molecule has 1 aliphatic carbocycles. The van der Waals surface area contributed by atoms with Gasteiger partial charge in [0.15, 0.2) is 5.54 Å². The predicted octanol–water partition coefficient (Wildman–Crippen LogP) is 1.60. The molecule has 7 heteroatoms. The van der Waals surface area contributed by atoms with E-state index in [0.717, 1.165) is 6.07 Å². The highest BCUT2D eigenvalue weighted by Gasteiger charge is 2.64. The molecule has 0 bridgehead atoms. The molecule has 1 aliphatic heterocycles. The molecule has 1 aromatic rings. The summed E-state index contributed by atoms with van der Waals surface area (Å²) in [6, 6.07) is 3.24. The smallest absolute Gasteiger partial charge is 0.283 e. The summed E-state index contributed by atoms with van der Waals surface area (Å²) in [5, 5.41) is 0. The maximum absolute atomic E-state index is 13.9. The number of rotatable bonds is 2. The van der Waals surface area contributed by atoms with Crippen LogP contribution in [0.25, 0.3) is 0 Å². The molecule has 102 valence electrons. The summed E-state index contributed by atoms with van der Waals surface area (Å²) in [6.07, 6.45) is -2.93. The van der Waals surface area contributed by atoms with Crippen molar-refractivity contribution >= 4 is 11.7 Å². The van der Waals surface area contributed by atoms with Gasteiger partial charge in [-0.1, -0.05) is 0 Å². The molecule has 0 spiro atoms. The molecule has 3 rings (SSSR count). The summed E-state index contributed by atoms with van der Waals surface area (Å²) in [6.45, 7) is 0. The number of benzene rings is 1. The highest BCUT2D eigenvalue weighted by Crippen LogP contribution is 2.56. The summed E-state index contributed by atoms with van der Waals surface area (Å²) in [5.74, 6) is -1.34. The Hall–Kier alpha value is -1.92. The van der Waals surface area contributed by atoms with Crippen molar-refractivity contribution in [2.24, 2.45) is 16.6 Å². The van der Waals surface area contributed by atoms with Crippen molar-refractivity contribution in [1.82, 2.24) is 0 Å². The van der Waals surface area contributed by atoms with Crippen molar-refractivity contribution < 1.29 is 17.9 Å². The molecular weight excluding hydrogens is 259 g/mol. The quantitative estimate of drug-likeness (QED) is 0.802. The number of hydrogen-bond donors (Lipinski definition) is 2. The van der Waals surface area contributed by atoms with E-state index in [4.69, 9.17) is 16.2 Å². The van der Waals surface area contributed by atoms with E-state index in [9.17, 15) is 13.2 Å². The van der Waals surface area contributed by atoms with Gasteiger partial charge in [0.25, 0.3) is 12.4 Å². The van der Waals surface area contributed by atoms with E-state index in [1.807, 2.05) is 0 Å². The van der Waals surface area contributed by atoms with E-state index in [1.165, 1.54) is 12.1 Å².